The van der Waals surface area contributed by atoms with E-state index in [4.69, 9.17) is 9.47 Å². The highest BCUT2D eigenvalue weighted by Gasteiger charge is 2.42. The number of hydrogen-bond donors (Lipinski definition) is 0. The van der Waals surface area contributed by atoms with Crippen LogP contribution in [0.2, 0.25) is 0 Å². The number of hydrogen-bond acceptors (Lipinski definition) is 4. The molecule has 4 atom stereocenters. The number of fused-ring (bicyclic) bond motifs is 2. The minimum atomic E-state index is -0.0330. The number of rotatable bonds is 5. The van der Waals surface area contributed by atoms with Crippen LogP contribution in [0.3, 0.4) is 0 Å². The van der Waals surface area contributed by atoms with Crippen molar-refractivity contribution in [3.05, 3.63) is 35.5 Å². The number of aryl methyl sites for hydroxylation is 1. The van der Waals surface area contributed by atoms with Crippen molar-refractivity contribution in [2.45, 2.75) is 51.0 Å². The predicted octanol–water partition coefficient (Wildman–Crippen LogP) is 4.31. The zero-order valence-corrected chi connectivity index (χ0v) is 19.5. The Morgan fingerprint density at radius 1 is 1.32 bits per heavy atom. The van der Waals surface area contributed by atoms with Gasteiger partial charge < -0.3 is 14.0 Å². The quantitative estimate of drug-likeness (QED) is 0.642. The van der Waals surface area contributed by atoms with Crippen LogP contribution in [0.1, 0.15) is 49.7 Å². The molecular formula is C25H35ClN2O3. The molecule has 5 rings (SSSR count). The summed E-state index contributed by atoms with van der Waals surface area (Å²) in [6.07, 6.45) is 7.53. The van der Waals surface area contributed by atoms with Crippen LogP contribution in [0.25, 0.3) is 10.9 Å². The average molecular weight is 447 g/mol. The zero-order chi connectivity index (χ0) is 20.7. The third kappa shape index (κ3) is 4.24. The highest BCUT2D eigenvalue weighted by Crippen LogP contribution is 2.45. The molecule has 2 unspecified atom stereocenters. The number of likely N-dealkylation sites (N-methyl/N-ethyl adjacent to an activating group) is 1. The first kappa shape index (κ1) is 22.6. The molecule has 2 aromatic rings. The lowest BCUT2D eigenvalue weighted by Crippen LogP contribution is -2.51. The van der Waals surface area contributed by atoms with Gasteiger partial charge in [-0.15, -0.1) is 12.4 Å². The summed E-state index contributed by atoms with van der Waals surface area (Å²) in [6.45, 7) is 6.24. The van der Waals surface area contributed by atoms with E-state index in [-0.39, 0.29) is 24.3 Å². The molecule has 1 aromatic carbocycles. The minimum absolute atomic E-state index is 0. The smallest absolute Gasteiger partial charge is 0.310 e. The second-order valence-electron chi connectivity index (χ2n) is 9.44. The van der Waals surface area contributed by atoms with E-state index >= 15 is 0 Å². The number of likely N-dealkylation sites (tertiary alicyclic amines) is 1. The van der Waals surface area contributed by atoms with Gasteiger partial charge in [-0.1, -0.05) is 19.1 Å². The molecular weight excluding hydrogens is 412 g/mol. The zero-order valence-electron chi connectivity index (χ0n) is 18.7. The maximum atomic E-state index is 13.0. The van der Waals surface area contributed by atoms with Crippen molar-refractivity contribution in [2.75, 3.05) is 32.9 Å². The Bertz CT molecular complexity index is 921. The van der Waals surface area contributed by atoms with E-state index in [0.29, 0.717) is 24.5 Å². The van der Waals surface area contributed by atoms with E-state index in [0.717, 1.165) is 52.0 Å². The Labute approximate surface area is 191 Å². The number of piperidine rings is 1. The molecule has 170 valence electrons. The summed E-state index contributed by atoms with van der Waals surface area (Å²) in [6, 6.07) is 7.16. The summed E-state index contributed by atoms with van der Waals surface area (Å²) in [5.74, 6) is 0.910. The summed E-state index contributed by atoms with van der Waals surface area (Å²) in [4.78, 5) is 15.5. The average Bonchev–Trinajstić information content (AvgIpc) is 3.10. The van der Waals surface area contributed by atoms with Crippen LogP contribution >= 0.6 is 12.4 Å². The Hall–Kier alpha value is -1.56. The molecule has 0 N–H and O–H groups in total. The van der Waals surface area contributed by atoms with E-state index < -0.39 is 0 Å². The van der Waals surface area contributed by atoms with Crippen molar-refractivity contribution in [3.63, 3.8) is 0 Å². The Morgan fingerprint density at radius 2 is 2.19 bits per heavy atom. The monoisotopic (exact) mass is 446 g/mol. The summed E-state index contributed by atoms with van der Waals surface area (Å²) < 4.78 is 13.6. The molecule has 0 spiro atoms. The highest BCUT2D eigenvalue weighted by atomic mass is 35.5. The number of carbonyl (C=O) groups is 1. The summed E-state index contributed by atoms with van der Waals surface area (Å²) in [7, 11) is 2.14. The number of ether oxygens (including phenoxy) is 2. The van der Waals surface area contributed by atoms with Crippen LogP contribution in [0.4, 0.5) is 0 Å². The molecule has 3 aliphatic rings. The van der Waals surface area contributed by atoms with Crippen molar-refractivity contribution in [3.8, 4) is 0 Å². The van der Waals surface area contributed by atoms with Crippen LogP contribution in [-0.2, 0) is 27.7 Å². The molecule has 0 radical (unpaired) electrons. The fraction of sp³-hybridized carbons (Fsp3) is 0.640. The second kappa shape index (κ2) is 9.51. The first-order chi connectivity index (χ1) is 14.7. The predicted molar refractivity (Wildman–Crippen MR) is 125 cm³/mol. The number of esters is 1. The van der Waals surface area contributed by atoms with Gasteiger partial charge in [0.25, 0.3) is 0 Å². The van der Waals surface area contributed by atoms with E-state index in [2.05, 4.69) is 47.8 Å². The fourth-order valence-electron chi connectivity index (χ4n) is 6.09. The lowest BCUT2D eigenvalue weighted by Gasteiger charge is -2.46. The number of aromatic nitrogens is 1. The van der Waals surface area contributed by atoms with Gasteiger partial charge >= 0.3 is 5.97 Å². The van der Waals surface area contributed by atoms with Crippen molar-refractivity contribution in [1.29, 1.82) is 0 Å². The van der Waals surface area contributed by atoms with Gasteiger partial charge in [0.05, 0.1) is 12.5 Å². The van der Waals surface area contributed by atoms with E-state index in [1.165, 1.54) is 28.5 Å². The van der Waals surface area contributed by atoms with Crippen LogP contribution in [0, 0.1) is 11.8 Å². The van der Waals surface area contributed by atoms with Crippen molar-refractivity contribution in [1.82, 2.24) is 9.47 Å². The van der Waals surface area contributed by atoms with Gasteiger partial charge in [-0.2, -0.15) is 0 Å². The largest absolute Gasteiger partial charge is 0.465 e. The van der Waals surface area contributed by atoms with Crippen LogP contribution in [0.5, 0.6) is 0 Å². The summed E-state index contributed by atoms with van der Waals surface area (Å²) in [5, 5.41) is 1.42. The lowest BCUT2D eigenvalue weighted by atomic mass is 9.72. The SMILES string of the molecule is CCN1CC(C(=O)OCCC2CCCOC2)C[C@@H]2c3cccc4c3c(cn4C)C[C@H]21.Cl. The van der Waals surface area contributed by atoms with Crippen molar-refractivity contribution in [2.24, 2.45) is 18.9 Å². The Kier molecular flexibility index (Phi) is 6.95. The van der Waals surface area contributed by atoms with Gasteiger partial charge in [0.15, 0.2) is 0 Å². The van der Waals surface area contributed by atoms with E-state index in [9.17, 15) is 4.79 Å². The molecule has 31 heavy (non-hydrogen) atoms. The van der Waals surface area contributed by atoms with Crippen LogP contribution in [-0.4, -0.2) is 54.4 Å². The lowest BCUT2D eigenvalue weighted by molar-refractivity contribution is -0.152. The van der Waals surface area contributed by atoms with Crippen molar-refractivity contribution < 1.29 is 14.3 Å². The van der Waals surface area contributed by atoms with Gasteiger partial charge in [-0.3, -0.25) is 9.69 Å². The standard InChI is InChI=1S/C25H34N2O3.ClH/c1-3-27-15-19(25(28)30-11-9-17-6-5-10-29-16-17)12-21-20-7-4-8-22-24(20)18(13-23(21)27)14-26(22)2;/h4,7-8,14,17,19,21,23H,3,5-6,9-13,15-16H2,1-2H3;1H/t17?,19?,21-,23-;/m1./s1. The number of carbonyl (C=O) groups excluding carboxylic acids is 1. The van der Waals surface area contributed by atoms with Gasteiger partial charge in [0.2, 0.25) is 0 Å². The molecule has 2 aliphatic heterocycles. The Morgan fingerprint density at radius 3 is 2.97 bits per heavy atom. The molecule has 2 fully saturated rings. The topological polar surface area (TPSA) is 43.7 Å². The molecule has 5 nitrogen and oxygen atoms in total. The highest BCUT2D eigenvalue weighted by molar-refractivity contribution is 5.89. The summed E-state index contributed by atoms with van der Waals surface area (Å²) >= 11 is 0. The van der Waals surface area contributed by atoms with Crippen LogP contribution < -0.4 is 0 Å². The molecule has 3 heterocycles. The molecule has 0 bridgehead atoms. The first-order valence-electron chi connectivity index (χ1n) is 11.7. The molecule has 1 aliphatic carbocycles. The van der Waals surface area contributed by atoms with Gasteiger partial charge in [0, 0.05) is 55.9 Å². The maximum absolute atomic E-state index is 13.0. The molecule has 1 aromatic heterocycles. The van der Waals surface area contributed by atoms with E-state index in [1.54, 1.807) is 0 Å². The minimum Gasteiger partial charge on any atom is -0.465 e. The van der Waals surface area contributed by atoms with E-state index in [1.807, 2.05) is 0 Å². The van der Waals surface area contributed by atoms with Crippen LogP contribution in [0.15, 0.2) is 24.4 Å². The normalized spacial score (nSPS) is 28.1. The molecule has 6 heteroatoms. The van der Waals surface area contributed by atoms with Gasteiger partial charge in [-0.25, -0.2) is 0 Å². The number of nitrogens with zero attached hydrogens (tertiary/aromatic N) is 2. The maximum Gasteiger partial charge on any atom is 0.310 e. The third-order valence-electron chi connectivity index (χ3n) is 7.65. The first-order valence-corrected chi connectivity index (χ1v) is 11.7. The van der Waals surface area contributed by atoms with Gasteiger partial charge in [0.1, 0.15) is 0 Å². The van der Waals surface area contributed by atoms with Gasteiger partial charge in [-0.05, 0) is 61.8 Å². The third-order valence-corrected chi connectivity index (χ3v) is 7.65. The Balaban J connectivity index is 0.00000231. The number of halogens is 1. The summed E-state index contributed by atoms with van der Waals surface area (Å²) in [5.41, 5.74) is 4.19. The molecule has 2 saturated heterocycles. The molecule has 0 amide bonds. The van der Waals surface area contributed by atoms with Crippen molar-refractivity contribution >= 4 is 29.3 Å². The molecule has 0 saturated carbocycles. The number of benzene rings is 1. The second-order valence-corrected chi connectivity index (χ2v) is 9.44. The fourth-order valence-corrected chi connectivity index (χ4v) is 6.09.